The third-order valence-electron chi connectivity index (χ3n) is 4.23. The molecular formula is C19H21FN4. The lowest BCUT2D eigenvalue weighted by Gasteiger charge is -2.24. The Kier molecular flexibility index (Phi) is 4.71. The van der Waals surface area contributed by atoms with E-state index in [2.05, 4.69) is 21.9 Å². The highest BCUT2D eigenvalue weighted by Crippen LogP contribution is 2.27. The van der Waals surface area contributed by atoms with Gasteiger partial charge in [0.15, 0.2) is 0 Å². The molecule has 0 amide bonds. The molecule has 1 atom stereocenters. The van der Waals surface area contributed by atoms with Gasteiger partial charge in [0.1, 0.15) is 5.82 Å². The molecule has 0 aliphatic heterocycles. The maximum Gasteiger partial charge on any atom is 0.132 e. The van der Waals surface area contributed by atoms with Gasteiger partial charge in [0, 0.05) is 43.2 Å². The van der Waals surface area contributed by atoms with Crippen LogP contribution in [0.2, 0.25) is 0 Å². The van der Waals surface area contributed by atoms with Crippen molar-refractivity contribution in [3.8, 4) is 11.3 Å². The van der Waals surface area contributed by atoms with E-state index < -0.39 is 0 Å². The lowest BCUT2D eigenvalue weighted by Crippen LogP contribution is -2.22. The minimum atomic E-state index is -0.252. The van der Waals surface area contributed by atoms with E-state index in [0.29, 0.717) is 17.8 Å². The van der Waals surface area contributed by atoms with Crippen molar-refractivity contribution >= 4 is 0 Å². The highest BCUT2D eigenvalue weighted by atomic mass is 19.1. The zero-order valence-corrected chi connectivity index (χ0v) is 14.1. The summed E-state index contributed by atoms with van der Waals surface area (Å²) < 4.78 is 15.9. The van der Waals surface area contributed by atoms with E-state index in [0.717, 1.165) is 11.3 Å². The average molecular weight is 324 g/mol. The van der Waals surface area contributed by atoms with Crippen molar-refractivity contribution in [1.82, 2.24) is 19.7 Å². The summed E-state index contributed by atoms with van der Waals surface area (Å²) in [5.41, 5.74) is 3.23. The van der Waals surface area contributed by atoms with Crippen LogP contribution >= 0.6 is 0 Å². The van der Waals surface area contributed by atoms with E-state index in [-0.39, 0.29) is 11.9 Å². The third-order valence-corrected chi connectivity index (χ3v) is 4.23. The molecule has 0 radical (unpaired) electrons. The smallest absolute Gasteiger partial charge is 0.132 e. The fraction of sp³-hybridized carbons (Fsp3) is 0.263. The Hall–Kier alpha value is -2.53. The molecule has 0 aliphatic rings. The van der Waals surface area contributed by atoms with Crippen molar-refractivity contribution in [2.75, 3.05) is 7.05 Å². The Morgan fingerprint density at radius 1 is 1.17 bits per heavy atom. The number of rotatable bonds is 5. The van der Waals surface area contributed by atoms with E-state index in [1.165, 1.54) is 6.07 Å². The van der Waals surface area contributed by atoms with Gasteiger partial charge in [0.05, 0.1) is 11.4 Å². The SMILES string of the molecule is C[C@H](c1ccccn1)N(C)Cc1cn(C)nc1-c1ccccc1F. The van der Waals surface area contributed by atoms with Gasteiger partial charge < -0.3 is 0 Å². The van der Waals surface area contributed by atoms with Crippen molar-refractivity contribution in [2.24, 2.45) is 7.05 Å². The molecule has 124 valence electrons. The maximum atomic E-state index is 14.2. The van der Waals surface area contributed by atoms with Gasteiger partial charge >= 0.3 is 0 Å². The van der Waals surface area contributed by atoms with E-state index in [9.17, 15) is 4.39 Å². The standard InChI is InChI=1S/C19H21FN4/c1-14(18-10-6-7-11-21-18)23(2)12-15-13-24(3)22-19(15)16-8-4-5-9-17(16)20/h4-11,13-14H,12H2,1-3H3/t14-/m1/s1. The van der Waals surface area contributed by atoms with Crippen LogP contribution in [-0.4, -0.2) is 26.7 Å². The predicted octanol–water partition coefficient (Wildman–Crippen LogP) is 3.81. The Morgan fingerprint density at radius 3 is 2.62 bits per heavy atom. The molecule has 0 saturated carbocycles. The highest BCUT2D eigenvalue weighted by molar-refractivity contribution is 5.63. The number of aryl methyl sites for hydroxylation is 1. The van der Waals surface area contributed by atoms with Crippen LogP contribution in [0, 0.1) is 5.82 Å². The lowest BCUT2D eigenvalue weighted by molar-refractivity contribution is 0.249. The van der Waals surface area contributed by atoms with Crippen molar-refractivity contribution in [3.63, 3.8) is 0 Å². The molecule has 4 nitrogen and oxygen atoms in total. The number of hydrogen-bond donors (Lipinski definition) is 0. The minimum Gasteiger partial charge on any atom is -0.294 e. The predicted molar refractivity (Wildman–Crippen MR) is 92.7 cm³/mol. The number of benzene rings is 1. The molecule has 0 aliphatic carbocycles. The summed E-state index contributed by atoms with van der Waals surface area (Å²) in [5.74, 6) is -0.252. The zero-order valence-electron chi connectivity index (χ0n) is 14.1. The summed E-state index contributed by atoms with van der Waals surface area (Å²) in [4.78, 5) is 6.60. The van der Waals surface area contributed by atoms with E-state index >= 15 is 0 Å². The van der Waals surface area contributed by atoms with Crippen LogP contribution in [0.5, 0.6) is 0 Å². The third kappa shape index (κ3) is 3.36. The van der Waals surface area contributed by atoms with E-state index in [1.807, 2.05) is 44.6 Å². The van der Waals surface area contributed by atoms with Gasteiger partial charge in [-0.2, -0.15) is 5.10 Å². The summed E-state index contributed by atoms with van der Waals surface area (Å²) in [7, 11) is 3.90. The molecule has 1 aromatic carbocycles. The molecule has 0 spiro atoms. The van der Waals surface area contributed by atoms with Gasteiger partial charge in [-0.1, -0.05) is 18.2 Å². The summed E-state index contributed by atoms with van der Waals surface area (Å²) >= 11 is 0. The first-order valence-electron chi connectivity index (χ1n) is 7.95. The summed E-state index contributed by atoms with van der Waals surface area (Å²) in [6.45, 7) is 2.77. The topological polar surface area (TPSA) is 34.0 Å². The van der Waals surface area contributed by atoms with Crippen LogP contribution in [0.1, 0.15) is 24.2 Å². The Bertz CT molecular complexity index is 813. The maximum absolute atomic E-state index is 14.2. The molecular weight excluding hydrogens is 303 g/mol. The molecule has 0 bridgehead atoms. The summed E-state index contributed by atoms with van der Waals surface area (Å²) in [5, 5.41) is 4.46. The summed E-state index contributed by atoms with van der Waals surface area (Å²) in [6.07, 6.45) is 3.75. The van der Waals surface area contributed by atoms with Gasteiger partial charge in [0.25, 0.3) is 0 Å². The van der Waals surface area contributed by atoms with E-state index in [1.54, 1.807) is 23.0 Å². The van der Waals surface area contributed by atoms with Gasteiger partial charge in [-0.05, 0) is 38.2 Å². The first-order chi connectivity index (χ1) is 11.6. The fourth-order valence-corrected chi connectivity index (χ4v) is 2.79. The molecule has 3 rings (SSSR count). The van der Waals surface area contributed by atoms with Gasteiger partial charge in [-0.3, -0.25) is 14.6 Å². The lowest BCUT2D eigenvalue weighted by atomic mass is 10.1. The Morgan fingerprint density at radius 2 is 1.92 bits per heavy atom. The highest BCUT2D eigenvalue weighted by Gasteiger charge is 2.18. The monoisotopic (exact) mass is 324 g/mol. The second-order valence-corrected chi connectivity index (χ2v) is 6.00. The molecule has 3 aromatic rings. The van der Waals surface area contributed by atoms with Crippen molar-refractivity contribution in [2.45, 2.75) is 19.5 Å². The Balaban J connectivity index is 1.87. The molecule has 24 heavy (non-hydrogen) atoms. The first kappa shape index (κ1) is 16.3. The van der Waals surface area contributed by atoms with Crippen LogP contribution in [-0.2, 0) is 13.6 Å². The van der Waals surface area contributed by atoms with Crippen LogP contribution in [0.25, 0.3) is 11.3 Å². The second-order valence-electron chi connectivity index (χ2n) is 6.00. The van der Waals surface area contributed by atoms with Gasteiger partial charge in [-0.15, -0.1) is 0 Å². The quantitative estimate of drug-likeness (QED) is 0.715. The number of hydrogen-bond acceptors (Lipinski definition) is 3. The van der Waals surface area contributed by atoms with Crippen LogP contribution < -0.4 is 0 Å². The molecule has 0 fully saturated rings. The fourth-order valence-electron chi connectivity index (χ4n) is 2.79. The zero-order chi connectivity index (χ0) is 17.1. The van der Waals surface area contributed by atoms with E-state index in [4.69, 9.17) is 0 Å². The molecule has 0 N–H and O–H groups in total. The first-order valence-corrected chi connectivity index (χ1v) is 7.95. The molecule has 2 aromatic heterocycles. The largest absolute Gasteiger partial charge is 0.294 e. The second kappa shape index (κ2) is 6.93. The number of nitrogens with zero attached hydrogens (tertiary/aromatic N) is 4. The molecule has 2 heterocycles. The van der Waals surface area contributed by atoms with Crippen molar-refractivity contribution in [1.29, 1.82) is 0 Å². The van der Waals surface area contributed by atoms with Crippen LogP contribution in [0.3, 0.4) is 0 Å². The van der Waals surface area contributed by atoms with Gasteiger partial charge in [0.2, 0.25) is 0 Å². The van der Waals surface area contributed by atoms with Crippen molar-refractivity contribution < 1.29 is 4.39 Å². The normalized spacial score (nSPS) is 12.5. The van der Waals surface area contributed by atoms with Gasteiger partial charge in [-0.25, -0.2) is 4.39 Å². The summed E-state index contributed by atoms with van der Waals surface area (Å²) in [6, 6.07) is 12.8. The van der Waals surface area contributed by atoms with Crippen LogP contribution in [0.15, 0.2) is 54.9 Å². The molecule has 0 unspecified atom stereocenters. The Labute approximate surface area is 141 Å². The number of pyridine rings is 1. The molecule has 0 saturated heterocycles. The average Bonchev–Trinajstić information content (AvgIpc) is 2.95. The minimum absolute atomic E-state index is 0.153. The number of aromatic nitrogens is 3. The number of halogens is 1. The molecule has 5 heteroatoms. The van der Waals surface area contributed by atoms with Crippen molar-refractivity contribution in [3.05, 3.63) is 71.9 Å². The van der Waals surface area contributed by atoms with Crippen LogP contribution in [0.4, 0.5) is 4.39 Å².